The van der Waals surface area contributed by atoms with Gasteiger partial charge in [-0.1, -0.05) is 33.1 Å². The fraction of sp³-hybridized carbons (Fsp3) is 0.700. The lowest BCUT2D eigenvalue weighted by Crippen LogP contribution is -2.19. The second-order valence-electron chi connectivity index (χ2n) is 3.58. The lowest BCUT2D eigenvalue weighted by molar-refractivity contribution is 0.0819. The van der Waals surface area contributed by atoms with E-state index in [0.717, 1.165) is 12.8 Å². The van der Waals surface area contributed by atoms with Gasteiger partial charge in [-0.3, -0.25) is 4.79 Å². The zero-order valence-electron chi connectivity index (χ0n) is 8.81. The van der Waals surface area contributed by atoms with Crippen molar-refractivity contribution in [2.75, 3.05) is 0 Å². The van der Waals surface area contributed by atoms with Crippen LogP contribution in [0.15, 0.2) is 12.7 Å². The van der Waals surface area contributed by atoms with Gasteiger partial charge in [0.15, 0.2) is 0 Å². The molecule has 1 aromatic rings. The van der Waals surface area contributed by atoms with Crippen molar-refractivity contribution in [2.45, 2.75) is 39.5 Å². The third kappa shape index (κ3) is 2.94. The van der Waals surface area contributed by atoms with Crippen molar-refractivity contribution in [1.82, 2.24) is 14.8 Å². The standard InChI is InChI=1S/C10H17N3O/c1-3-4-5-6-9(2)10(14)13-8-11-7-12-13/h7-9H,3-6H2,1-2H3. The molecule has 0 aliphatic rings. The van der Waals surface area contributed by atoms with Crippen LogP contribution in [-0.2, 0) is 0 Å². The van der Waals surface area contributed by atoms with E-state index in [1.165, 1.54) is 30.2 Å². The molecular formula is C10H17N3O. The third-order valence-electron chi connectivity index (χ3n) is 2.31. The highest BCUT2D eigenvalue weighted by Gasteiger charge is 2.14. The van der Waals surface area contributed by atoms with Crippen LogP contribution in [0.1, 0.15) is 44.3 Å². The average molecular weight is 195 g/mol. The number of carbonyl (C=O) groups is 1. The zero-order chi connectivity index (χ0) is 10.4. The Hall–Kier alpha value is -1.19. The number of rotatable bonds is 5. The van der Waals surface area contributed by atoms with Gasteiger partial charge in [-0.15, -0.1) is 0 Å². The Balaban J connectivity index is 2.37. The molecular weight excluding hydrogens is 178 g/mol. The number of hydrogen-bond donors (Lipinski definition) is 0. The van der Waals surface area contributed by atoms with Crippen LogP contribution < -0.4 is 0 Å². The van der Waals surface area contributed by atoms with Crippen molar-refractivity contribution in [2.24, 2.45) is 5.92 Å². The van der Waals surface area contributed by atoms with Crippen LogP contribution in [0.25, 0.3) is 0 Å². The normalized spacial score (nSPS) is 12.7. The van der Waals surface area contributed by atoms with E-state index < -0.39 is 0 Å². The highest BCUT2D eigenvalue weighted by Crippen LogP contribution is 2.10. The maximum Gasteiger partial charge on any atom is 0.251 e. The molecule has 0 fully saturated rings. The van der Waals surface area contributed by atoms with Crippen LogP contribution in [0.4, 0.5) is 0 Å². The number of unbranched alkanes of at least 4 members (excludes halogenated alkanes) is 2. The summed E-state index contributed by atoms with van der Waals surface area (Å²) in [6.45, 7) is 4.10. The summed E-state index contributed by atoms with van der Waals surface area (Å²) in [5.41, 5.74) is 0. The molecule has 1 heterocycles. The van der Waals surface area contributed by atoms with Crippen molar-refractivity contribution >= 4 is 5.91 Å². The van der Waals surface area contributed by atoms with Gasteiger partial charge in [0.2, 0.25) is 0 Å². The van der Waals surface area contributed by atoms with Crippen LogP contribution in [-0.4, -0.2) is 20.7 Å². The molecule has 0 N–H and O–H groups in total. The highest BCUT2D eigenvalue weighted by atomic mass is 16.2. The molecule has 14 heavy (non-hydrogen) atoms. The molecule has 0 aromatic carbocycles. The fourth-order valence-electron chi connectivity index (χ4n) is 1.37. The summed E-state index contributed by atoms with van der Waals surface area (Å²) in [5, 5.41) is 3.82. The molecule has 4 nitrogen and oxygen atoms in total. The minimum atomic E-state index is 0.0404. The lowest BCUT2D eigenvalue weighted by atomic mass is 10.0. The molecule has 1 atom stereocenters. The topological polar surface area (TPSA) is 47.8 Å². The fourth-order valence-corrected chi connectivity index (χ4v) is 1.37. The monoisotopic (exact) mass is 195 g/mol. The van der Waals surface area contributed by atoms with Crippen LogP contribution >= 0.6 is 0 Å². The molecule has 1 aromatic heterocycles. The first-order valence-corrected chi connectivity index (χ1v) is 5.14. The zero-order valence-corrected chi connectivity index (χ0v) is 8.81. The van der Waals surface area contributed by atoms with E-state index in [9.17, 15) is 4.79 Å². The molecule has 0 aliphatic heterocycles. The van der Waals surface area contributed by atoms with E-state index in [0.29, 0.717) is 0 Å². The molecule has 1 rings (SSSR count). The minimum absolute atomic E-state index is 0.0404. The summed E-state index contributed by atoms with van der Waals surface area (Å²) >= 11 is 0. The molecule has 0 saturated carbocycles. The van der Waals surface area contributed by atoms with Gasteiger partial charge in [0.1, 0.15) is 12.7 Å². The Morgan fingerprint density at radius 3 is 2.86 bits per heavy atom. The molecule has 0 spiro atoms. The summed E-state index contributed by atoms with van der Waals surface area (Å²) in [7, 11) is 0. The first-order valence-electron chi connectivity index (χ1n) is 5.14. The van der Waals surface area contributed by atoms with Crippen LogP contribution in [0.2, 0.25) is 0 Å². The lowest BCUT2D eigenvalue weighted by Gasteiger charge is -2.08. The van der Waals surface area contributed by atoms with Crippen LogP contribution in [0.3, 0.4) is 0 Å². The largest absolute Gasteiger partial charge is 0.272 e. The van der Waals surface area contributed by atoms with Gasteiger partial charge in [0, 0.05) is 5.92 Å². The molecule has 0 bridgehead atoms. The molecule has 4 heteroatoms. The van der Waals surface area contributed by atoms with Crippen molar-refractivity contribution in [3.05, 3.63) is 12.7 Å². The Morgan fingerprint density at radius 2 is 2.29 bits per heavy atom. The maximum absolute atomic E-state index is 11.7. The summed E-state index contributed by atoms with van der Waals surface area (Å²) in [5.74, 6) is 0.0850. The number of hydrogen-bond acceptors (Lipinski definition) is 3. The van der Waals surface area contributed by atoms with Crippen molar-refractivity contribution in [3.63, 3.8) is 0 Å². The van der Waals surface area contributed by atoms with Crippen LogP contribution in [0.5, 0.6) is 0 Å². The van der Waals surface area contributed by atoms with Gasteiger partial charge < -0.3 is 0 Å². The first kappa shape index (κ1) is 10.9. The second kappa shape index (κ2) is 5.52. The SMILES string of the molecule is CCCCCC(C)C(=O)n1cncn1. The van der Waals surface area contributed by atoms with Gasteiger partial charge in [-0.2, -0.15) is 9.78 Å². The Kier molecular flexibility index (Phi) is 4.29. The average Bonchev–Trinajstić information content (AvgIpc) is 2.69. The van der Waals surface area contributed by atoms with E-state index >= 15 is 0 Å². The van der Waals surface area contributed by atoms with Gasteiger partial charge in [0.05, 0.1) is 0 Å². The third-order valence-corrected chi connectivity index (χ3v) is 2.31. The predicted octanol–water partition coefficient (Wildman–Crippen LogP) is 2.13. The maximum atomic E-state index is 11.7. The molecule has 0 saturated heterocycles. The summed E-state index contributed by atoms with van der Waals surface area (Å²) in [6.07, 6.45) is 7.26. The number of nitrogens with zero attached hydrogens (tertiary/aromatic N) is 3. The quantitative estimate of drug-likeness (QED) is 0.676. The Labute approximate surface area is 84.3 Å². The van der Waals surface area contributed by atoms with E-state index in [2.05, 4.69) is 17.0 Å². The Bertz CT molecular complexity index is 269. The Morgan fingerprint density at radius 1 is 1.50 bits per heavy atom. The molecule has 0 aliphatic carbocycles. The van der Waals surface area contributed by atoms with Gasteiger partial charge in [-0.25, -0.2) is 4.98 Å². The summed E-state index contributed by atoms with van der Waals surface area (Å²) in [6, 6.07) is 0. The molecule has 78 valence electrons. The smallest absolute Gasteiger partial charge is 0.251 e. The summed E-state index contributed by atoms with van der Waals surface area (Å²) < 4.78 is 1.32. The van der Waals surface area contributed by atoms with Gasteiger partial charge >= 0.3 is 0 Å². The minimum Gasteiger partial charge on any atom is -0.272 e. The second-order valence-corrected chi connectivity index (χ2v) is 3.58. The van der Waals surface area contributed by atoms with Crippen LogP contribution in [0, 0.1) is 5.92 Å². The molecule has 1 unspecified atom stereocenters. The number of aromatic nitrogens is 3. The van der Waals surface area contributed by atoms with Crippen molar-refractivity contribution in [1.29, 1.82) is 0 Å². The van der Waals surface area contributed by atoms with E-state index in [4.69, 9.17) is 0 Å². The van der Waals surface area contributed by atoms with Crippen molar-refractivity contribution < 1.29 is 4.79 Å². The molecule has 0 radical (unpaired) electrons. The first-order chi connectivity index (χ1) is 6.75. The van der Waals surface area contributed by atoms with Gasteiger partial charge in [-0.05, 0) is 6.42 Å². The predicted molar refractivity (Wildman–Crippen MR) is 54.0 cm³/mol. The van der Waals surface area contributed by atoms with Gasteiger partial charge in [0.25, 0.3) is 5.91 Å². The highest BCUT2D eigenvalue weighted by molar-refractivity contribution is 5.79. The van der Waals surface area contributed by atoms with E-state index in [1.54, 1.807) is 0 Å². The van der Waals surface area contributed by atoms with E-state index in [-0.39, 0.29) is 11.8 Å². The number of carbonyl (C=O) groups excluding carboxylic acids is 1. The van der Waals surface area contributed by atoms with Crippen molar-refractivity contribution in [3.8, 4) is 0 Å². The van der Waals surface area contributed by atoms with E-state index in [1.807, 2.05) is 6.92 Å². The molecule has 0 amide bonds. The summed E-state index contributed by atoms with van der Waals surface area (Å²) in [4.78, 5) is 15.4.